The summed E-state index contributed by atoms with van der Waals surface area (Å²) in [6, 6.07) is 10.4. The summed E-state index contributed by atoms with van der Waals surface area (Å²) in [4.78, 5) is 35.4. The first-order chi connectivity index (χ1) is 13.3. The number of hydrogen-bond acceptors (Lipinski definition) is 5. The minimum Gasteiger partial charge on any atom is -0.481 e. The van der Waals surface area contributed by atoms with E-state index in [-0.39, 0.29) is 24.9 Å². The Morgan fingerprint density at radius 3 is 2.11 bits per heavy atom. The van der Waals surface area contributed by atoms with Crippen LogP contribution in [0.5, 0.6) is 5.75 Å². The van der Waals surface area contributed by atoms with Crippen molar-refractivity contribution in [2.24, 2.45) is 0 Å². The molecule has 0 unspecified atom stereocenters. The van der Waals surface area contributed by atoms with Crippen LogP contribution in [0.2, 0.25) is 0 Å². The zero-order valence-electron chi connectivity index (χ0n) is 16.6. The molecule has 0 bridgehead atoms. The van der Waals surface area contributed by atoms with E-state index in [0.29, 0.717) is 23.4 Å². The number of anilines is 1. The van der Waals surface area contributed by atoms with E-state index in [2.05, 4.69) is 5.32 Å². The highest BCUT2D eigenvalue weighted by molar-refractivity contribution is 5.98. The van der Waals surface area contributed by atoms with Gasteiger partial charge >= 0.3 is 5.97 Å². The van der Waals surface area contributed by atoms with E-state index < -0.39 is 5.97 Å². The number of carbonyl (C=O) groups is 3. The number of amides is 1. The fraction of sp³-hybridized carbons (Fsp3) is 0.318. The Morgan fingerprint density at radius 1 is 0.929 bits per heavy atom. The van der Waals surface area contributed by atoms with Crippen LogP contribution in [0.15, 0.2) is 36.4 Å². The van der Waals surface area contributed by atoms with Crippen molar-refractivity contribution < 1.29 is 23.9 Å². The van der Waals surface area contributed by atoms with E-state index in [4.69, 9.17) is 9.47 Å². The van der Waals surface area contributed by atoms with Crippen molar-refractivity contribution in [3.63, 3.8) is 0 Å². The molecule has 0 atom stereocenters. The predicted octanol–water partition coefficient (Wildman–Crippen LogP) is 3.77. The lowest BCUT2D eigenvalue weighted by molar-refractivity contribution is -0.144. The van der Waals surface area contributed by atoms with Gasteiger partial charge in [-0.25, -0.2) is 4.79 Å². The van der Waals surface area contributed by atoms with Crippen LogP contribution in [0.4, 0.5) is 5.69 Å². The Bertz CT molecular complexity index is 848. The number of rotatable bonds is 8. The van der Waals surface area contributed by atoms with Crippen LogP contribution in [0.3, 0.4) is 0 Å². The van der Waals surface area contributed by atoms with Gasteiger partial charge in [-0.3, -0.25) is 9.59 Å². The standard InChI is InChI=1S/C22H25NO5/c1-5-20(25)23-18-8-6-17(7-9-18)19(24)12-27-21(26)13-28-22-15(3)10-14(2)11-16(22)4/h6-11H,5,12-13H2,1-4H3,(H,23,25). The summed E-state index contributed by atoms with van der Waals surface area (Å²) in [5, 5.41) is 2.70. The van der Waals surface area contributed by atoms with Gasteiger partial charge in [0, 0.05) is 17.7 Å². The van der Waals surface area contributed by atoms with Crippen LogP contribution in [0.25, 0.3) is 0 Å². The summed E-state index contributed by atoms with van der Waals surface area (Å²) in [5.74, 6) is -0.394. The van der Waals surface area contributed by atoms with Crippen molar-refractivity contribution in [3.05, 3.63) is 58.7 Å². The summed E-state index contributed by atoms with van der Waals surface area (Å²) in [5.41, 5.74) is 4.01. The van der Waals surface area contributed by atoms with Crippen LogP contribution in [0, 0.1) is 20.8 Å². The molecule has 0 aliphatic rings. The molecule has 0 heterocycles. The van der Waals surface area contributed by atoms with Gasteiger partial charge in [0.25, 0.3) is 0 Å². The SMILES string of the molecule is CCC(=O)Nc1ccc(C(=O)COC(=O)COc2c(C)cc(C)cc2C)cc1. The van der Waals surface area contributed by atoms with Crippen molar-refractivity contribution in [2.75, 3.05) is 18.5 Å². The lowest BCUT2D eigenvalue weighted by Gasteiger charge is -2.12. The zero-order chi connectivity index (χ0) is 20.7. The second kappa shape index (κ2) is 9.69. The summed E-state index contributed by atoms with van der Waals surface area (Å²) in [7, 11) is 0. The molecule has 2 rings (SSSR count). The number of aryl methyl sites for hydroxylation is 3. The third-order valence-electron chi connectivity index (χ3n) is 4.12. The van der Waals surface area contributed by atoms with Crippen molar-refractivity contribution in [1.82, 2.24) is 0 Å². The fourth-order valence-electron chi connectivity index (χ4n) is 2.79. The quantitative estimate of drug-likeness (QED) is 0.554. The molecule has 0 saturated heterocycles. The van der Waals surface area contributed by atoms with E-state index in [9.17, 15) is 14.4 Å². The first-order valence-electron chi connectivity index (χ1n) is 9.09. The van der Waals surface area contributed by atoms with Gasteiger partial charge in [-0.05, 0) is 56.2 Å². The number of benzene rings is 2. The molecule has 0 aliphatic carbocycles. The molecule has 1 amide bonds. The minimum atomic E-state index is -0.612. The first kappa shape index (κ1) is 21.2. The molecule has 2 aromatic carbocycles. The Balaban J connectivity index is 1.84. The van der Waals surface area contributed by atoms with E-state index in [1.165, 1.54) is 0 Å². The van der Waals surface area contributed by atoms with Crippen molar-refractivity contribution in [3.8, 4) is 5.75 Å². The Hall–Kier alpha value is -3.15. The number of Topliss-reactive ketones (excluding diaryl/α,β-unsaturated/α-hetero) is 1. The smallest absolute Gasteiger partial charge is 0.344 e. The van der Waals surface area contributed by atoms with E-state index in [1.807, 2.05) is 32.9 Å². The fourth-order valence-corrected chi connectivity index (χ4v) is 2.79. The molecular formula is C22H25NO5. The maximum absolute atomic E-state index is 12.2. The Kier molecular flexibility index (Phi) is 7.32. The molecule has 0 aliphatic heterocycles. The van der Waals surface area contributed by atoms with Crippen LogP contribution in [-0.4, -0.2) is 30.9 Å². The molecule has 28 heavy (non-hydrogen) atoms. The maximum Gasteiger partial charge on any atom is 0.344 e. The second-order valence-electron chi connectivity index (χ2n) is 6.58. The Labute approximate surface area is 164 Å². The van der Waals surface area contributed by atoms with Gasteiger partial charge in [0.1, 0.15) is 5.75 Å². The third kappa shape index (κ3) is 5.94. The molecule has 6 heteroatoms. The summed E-state index contributed by atoms with van der Waals surface area (Å²) >= 11 is 0. The lowest BCUT2D eigenvalue weighted by atomic mass is 10.1. The topological polar surface area (TPSA) is 81.7 Å². The first-order valence-corrected chi connectivity index (χ1v) is 9.09. The number of esters is 1. The number of nitrogens with one attached hydrogen (secondary N) is 1. The zero-order valence-corrected chi connectivity index (χ0v) is 16.6. The van der Waals surface area contributed by atoms with Gasteiger partial charge in [0.05, 0.1) is 0 Å². The summed E-state index contributed by atoms with van der Waals surface area (Å²) < 4.78 is 10.6. The van der Waals surface area contributed by atoms with Gasteiger partial charge in [-0.2, -0.15) is 0 Å². The average molecular weight is 383 g/mol. The predicted molar refractivity (Wildman–Crippen MR) is 107 cm³/mol. The molecule has 0 radical (unpaired) electrons. The van der Waals surface area contributed by atoms with Crippen molar-refractivity contribution in [1.29, 1.82) is 0 Å². The number of ether oxygens (including phenoxy) is 2. The highest BCUT2D eigenvalue weighted by atomic mass is 16.6. The molecule has 2 aromatic rings. The second-order valence-corrected chi connectivity index (χ2v) is 6.58. The molecule has 0 spiro atoms. The molecule has 0 aromatic heterocycles. The maximum atomic E-state index is 12.2. The molecular weight excluding hydrogens is 358 g/mol. The monoisotopic (exact) mass is 383 g/mol. The van der Waals surface area contributed by atoms with Crippen LogP contribution in [0.1, 0.15) is 40.4 Å². The van der Waals surface area contributed by atoms with Crippen molar-refractivity contribution >= 4 is 23.3 Å². The normalized spacial score (nSPS) is 10.3. The molecule has 1 N–H and O–H groups in total. The van der Waals surface area contributed by atoms with Crippen molar-refractivity contribution in [2.45, 2.75) is 34.1 Å². The largest absolute Gasteiger partial charge is 0.481 e. The summed E-state index contributed by atoms with van der Waals surface area (Å²) in [6.07, 6.45) is 0.375. The van der Waals surface area contributed by atoms with Gasteiger partial charge in [0.15, 0.2) is 19.0 Å². The lowest BCUT2D eigenvalue weighted by Crippen LogP contribution is -2.20. The van der Waals surface area contributed by atoms with E-state index in [0.717, 1.165) is 16.7 Å². The van der Waals surface area contributed by atoms with Gasteiger partial charge in [0.2, 0.25) is 5.91 Å². The minimum absolute atomic E-state index is 0.105. The highest BCUT2D eigenvalue weighted by Crippen LogP contribution is 2.24. The number of hydrogen-bond donors (Lipinski definition) is 1. The molecule has 0 saturated carbocycles. The highest BCUT2D eigenvalue weighted by Gasteiger charge is 2.13. The molecule has 6 nitrogen and oxygen atoms in total. The number of ketones is 1. The van der Waals surface area contributed by atoms with Gasteiger partial charge in [-0.1, -0.05) is 24.6 Å². The average Bonchev–Trinajstić information content (AvgIpc) is 2.65. The Morgan fingerprint density at radius 2 is 1.54 bits per heavy atom. The van der Waals surface area contributed by atoms with Crippen LogP contribution >= 0.6 is 0 Å². The third-order valence-corrected chi connectivity index (χ3v) is 4.12. The van der Waals surface area contributed by atoms with Gasteiger partial charge < -0.3 is 14.8 Å². The number of carbonyl (C=O) groups excluding carboxylic acids is 3. The summed E-state index contributed by atoms with van der Waals surface area (Å²) in [6.45, 7) is 6.95. The molecule has 148 valence electrons. The molecule has 0 fully saturated rings. The van der Waals surface area contributed by atoms with E-state index in [1.54, 1.807) is 31.2 Å². The van der Waals surface area contributed by atoms with Gasteiger partial charge in [-0.15, -0.1) is 0 Å². The van der Waals surface area contributed by atoms with Crippen LogP contribution in [-0.2, 0) is 14.3 Å². The van der Waals surface area contributed by atoms with E-state index >= 15 is 0 Å². The van der Waals surface area contributed by atoms with Crippen LogP contribution < -0.4 is 10.1 Å².